The number of piperidine rings is 2. The molecule has 0 aliphatic carbocycles. The molecule has 27 heavy (non-hydrogen) atoms. The van der Waals surface area contributed by atoms with E-state index in [0.717, 1.165) is 50.9 Å². The summed E-state index contributed by atoms with van der Waals surface area (Å²) in [4.78, 5) is 28.6. The molecule has 148 valence electrons. The van der Waals surface area contributed by atoms with Gasteiger partial charge >= 0.3 is 0 Å². The van der Waals surface area contributed by atoms with Crippen molar-refractivity contribution in [3.63, 3.8) is 0 Å². The number of amides is 2. The van der Waals surface area contributed by atoms with Crippen molar-refractivity contribution in [2.45, 2.75) is 46.0 Å². The standard InChI is InChI=1S/C22H32N2O3/c1-17(2)15-18-3-5-19(6-4-18)21(27)23-11-9-22(10-12-23)8-7-20(26)24(16-22)13-14-25/h3-6,17,25H,7-16H2,1-2H3. The molecule has 5 heteroatoms. The molecule has 0 aromatic heterocycles. The average Bonchev–Trinajstić information content (AvgIpc) is 2.65. The van der Waals surface area contributed by atoms with Crippen LogP contribution in [0.4, 0.5) is 0 Å². The van der Waals surface area contributed by atoms with Crippen LogP contribution >= 0.6 is 0 Å². The van der Waals surface area contributed by atoms with Gasteiger partial charge in [0.1, 0.15) is 0 Å². The Bertz CT molecular complexity index is 661. The highest BCUT2D eigenvalue weighted by Crippen LogP contribution is 2.40. The van der Waals surface area contributed by atoms with E-state index in [4.69, 9.17) is 0 Å². The van der Waals surface area contributed by atoms with Crippen molar-refractivity contribution in [3.05, 3.63) is 35.4 Å². The summed E-state index contributed by atoms with van der Waals surface area (Å²) in [5, 5.41) is 9.18. The summed E-state index contributed by atoms with van der Waals surface area (Å²) in [6.07, 6.45) is 4.35. The van der Waals surface area contributed by atoms with Gasteiger partial charge in [0.05, 0.1) is 6.61 Å². The van der Waals surface area contributed by atoms with Crippen molar-refractivity contribution < 1.29 is 14.7 Å². The summed E-state index contributed by atoms with van der Waals surface area (Å²) in [5.41, 5.74) is 2.15. The lowest BCUT2D eigenvalue weighted by molar-refractivity contribution is -0.139. The Balaban J connectivity index is 1.58. The molecule has 0 unspecified atom stereocenters. The number of rotatable bonds is 5. The highest BCUT2D eigenvalue weighted by atomic mass is 16.3. The van der Waals surface area contributed by atoms with E-state index >= 15 is 0 Å². The fourth-order valence-corrected chi connectivity index (χ4v) is 4.46. The van der Waals surface area contributed by atoms with E-state index in [-0.39, 0.29) is 23.8 Å². The Kier molecular flexibility index (Phi) is 6.20. The first kappa shape index (κ1) is 19.9. The van der Waals surface area contributed by atoms with Gasteiger partial charge in [0.2, 0.25) is 5.91 Å². The van der Waals surface area contributed by atoms with Gasteiger partial charge in [0.15, 0.2) is 0 Å². The van der Waals surface area contributed by atoms with Crippen LogP contribution in [0.15, 0.2) is 24.3 Å². The third-order valence-corrected chi connectivity index (χ3v) is 6.07. The molecular weight excluding hydrogens is 340 g/mol. The molecule has 0 bridgehead atoms. The number of aliphatic hydroxyl groups is 1. The molecular formula is C22H32N2O3. The second-order valence-corrected chi connectivity index (χ2v) is 8.63. The molecule has 1 aromatic carbocycles. The van der Waals surface area contributed by atoms with Crippen LogP contribution in [0.3, 0.4) is 0 Å². The first-order valence-corrected chi connectivity index (χ1v) is 10.2. The van der Waals surface area contributed by atoms with E-state index in [1.807, 2.05) is 17.0 Å². The molecule has 2 amide bonds. The van der Waals surface area contributed by atoms with E-state index in [9.17, 15) is 14.7 Å². The topological polar surface area (TPSA) is 60.9 Å². The van der Waals surface area contributed by atoms with Crippen LogP contribution in [0.2, 0.25) is 0 Å². The number of hydrogen-bond acceptors (Lipinski definition) is 3. The smallest absolute Gasteiger partial charge is 0.253 e. The molecule has 1 N–H and O–H groups in total. The van der Waals surface area contributed by atoms with E-state index in [1.165, 1.54) is 5.56 Å². The minimum Gasteiger partial charge on any atom is -0.395 e. The molecule has 3 rings (SSSR count). The summed E-state index contributed by atoms with van der Waals surface area (Å²) in [6.45, 7) is 7.04. The van der Waals surface area contributed by atoms with Crippen LogP contribution in [0.5, 0.6) is 0 Å². The van der Waals surface area contributed by atoms with Gasteiger partial charge in [-0.15, -0.1) is 0 Å². The molecule has 2 saturated heterocycles. The lowest BCUT2D eigenvalue weighted by Crippen LogP contribution is -2.52. The predicted octanol–water partition coefficient (Wildman–Crippen LogP) is 2.72. The molecule has 2 aliphatic rings. The highest BCUT2D eigenvalue weighted by Gasteiger charge is 2.41. The van der Waals surface area contributed by atoms with Gasteiger partial charge in [0.25, 0.3) is 5.91 Å². The van der Waals surface area contributed by atoms with Gasteiger partial charge in [-0.1, -0.05) is 26.0 Å². The van der Waals surface area contributed by atoms with Crippen molar-refractivity contribution in [1.29, 1.82) is 0 Å². The number of β-amino-alcohol motifs (C(OH)–C–C–N with tert-alkyl or cyclic N) is 1. The number of nitrogens with zero attached hydrogens (tertiary/aromatic N) is 2. The summed E-state index contributed by atoms with van der Waals surface area (Å²) >= 11 is 0. The largest absolute Gasteiger partial charge is 0.395 e. The van der Waals surface area contributed by atoms with Gasteiger partial charge in [-0.3, -0.25) is 9.59 Å². The maximum atomic E-state index is 12.9. The number of hydrogen-bond donors (Lipinski definition) is 1. The van der Waals surface area contributed by atoms with Crippen LogP contribution in [-0.2, 0) is 11.2 Å². The summed E-state index contributed by atoms with van der Waals surface area (Å²) < 4.78 is 0. The summed E-state index contributed by atoms with van der Waals surface area (Å²) in [5.74, 6) is 0.868. The Hall–Kier alpha value is -1.88. The van der Waals surface area contributed by atoms with Gasteiger partial charge in [-0.25, -0.2) is 0 Å². The first-order valence-electron chi connectivity index (χ1n) is 10.2. The van der Waals surface area contributed by atoms with Crippen LogP contribution in [0.1, 0.15) is 55.5 Å². The van der Waals surface area contributed by atoms with Crippen molar-refractivity contribution in [3.8, 4) is 0 Å². The molecule has 2 aliphatic heterocycles. The maximum absolute atomic E-state index is 12.9. The zero-order chi connectivity index (χ0) is 19.4. The van der Waals surface area contributed by atoms with Crippen molar-refractivity contribution >= 4 is 11.8 Å². The van der Waals surface area contributed by atoms with Gasteiger partial charge in [0, 0.05) is 38.2 Å². The molecule has 2 fully saturated rings. The lowest BCUT2D eigenvalue weighted by Gasteiger charge is -2.47. The monoisotopic (exact) mass is 372 g/mol. The first-order chi connectivity index (χ1) is 12.9. The van der Waals surface area contributed by atoms with Gasteiger partial charge in [-0.05, 0) is 54.7 Å². The van der Waals surface area contributed by atoms with Crippen LogP contribution < -0.4 is 0 Å². The summed E-state index contributed by atoms with van der Waals surface area (Å²) in [6, 6.07) is 8.04. The quantitative estimate of drug-likeness (QED) is 0.864. The third-order valence-electron chi connectivity index (χ3n) is 6.07. The normalized spacial score (nSPS) is 19.8. The Morgan fingerprint density at radius 3 is 2.41 bits per heavy atom. The Morgan fingerprint density at radius 1 is 1.15 bits per heavy atom. The average molecular weight is 373 g/mol. The number of carbonyl (C=O) groups excluding carboxylic acids is 2. The van der Waals surface area contributed by atoms with E-state index in [0.29, 0.717) is 18.9 Å². The van der Waals surface area contributed by atoms with E-state index < -0.39 is 0 Å². The molecule has 0 saturated carbocycles. The fraction of sp³-hybridized carbons (Fsp3) is 0.636. The zero-order valence-corrected chi connectivity index (χ0v) is 16.6. The van der Waals surface area contributed by atoms with Crippen molar-refractivity contribution in [2.75, 3.05) is 32.8 Å². The predicted molar refractivity (Wildman–Crippen MR) is 105 cm³/mol. The number of benzene rings is 1. The minimum atomic E-state index is 0.0131. The minimum absolute atomic E-state index is 0.0131. The fourth-order valence-electron chi connectivity index (χ4n) is 4.46. The zero-order valence-electron chi connectivity index (χ0n) is 16.6. The van der Waals surface area contributed by atoms with Crippen LogP contribution in [-0.4, -0.2) is 59.5 Å². The van der Waals surface area contributed by atoms with Gasteiger partial charge in [-0.2, -0.15) is 0 Å². The molecule has 2 heterocycles. The molecule has 1 aromatic rings. The van der Waals surface area contributed by atoms with E-state index in [1.54, 1.807) is 4.90 Å². The van der Waals surface area contributed by atoms with Crippen LogP contribution in [0, 0.1) is 11.3 Å². The molecule has 0 atom stereocenters. The van der Waals surface area contributed by atoms with Crippen LogP contribution in [0.25, 0.3) is 0 Å². The molecule has 1 spiro atoms. The highest BCUT2D eigenvalue weighted by molar-refractivity contribution is 5.94. The SMILES string of the molecule is CC(C)Cc1ccc(C(=O)N2CCC3(CCC(=O)N(CCO)C3)CC2)cc1. The number of carbonyl (C=O) groups is 2. The van der Waals surface area contributed by atoms with Gasteiger partial charge < -0.3 is 14.9 Å². The molecule has 5 nitrogen and oxygen atoms in total. The Labute approximate surface area is 162 Å². The maximum Gasteiger partial charge on any atom is 0.253 e. The second-order valence-electron chi connectivity index (χ2n) is 8.63. The number of likely N-dealkylation sites (tertiary alicyclic amines) is 2. The summed E-state index contributed by atoms with van der Waals surface area (Å²) in [7, 11) is 0. The second kappa shape index (κ2) is 8.42. The van der Waals surface area contributed by atoms with Crippen molar-refractivity contribution in [2.24, 2.45) is 11.3 Å². The third kappa shape index (κ3) is 4.70. The Morgan fingerprint density at radius 2 is 1.81 bits per heavy atom. The van der Waals surface area contributed by atoms with Crippen molar-refractivity contribution in [1.82, 2.24) is 9.80 Å². The van der Waals surface area contributed by atoms with E-state index in [2.05, 4.69) is 26.0 Å². The molecule has 0 radical (unpaired) electrons. The lowest BCUT2D eigenvalue weighted by atomic mass is 9.72. The number of aliphatic hydroxyl groups excluding tert-OH is 1.